The molecule has 0 radical (unpaired) electrons. The van der Waals surface area contributed by atoms with Crippen LogP contribution in [0.2, 0.25) is 0 Å². The predicted octanol–water partition coefficient (Wildman–Crippen LogP) is 2.87. The fraction of sp³-hybridized carbons (Fsp3) is 1.00. The van der Waals surface area contributed by atoms with Crippen molar-refractivity contribution in [2.45, 2.75) is 65.0 Å². The number of nitrogens with zero attached hydrogens (tertiary/aromatic N) is 1. The van der Waals surface area contributed by atoms with Gasteiger partial charge in [-0.1, -0.05) is 33.6 Å². The number of rotatable bonds is 2. The Morgan fingerprint density at radius 3 is 2.47 bits per heavy atom. The number of nitrogens with two attached hydrogens (primary N) is 1. The van der Waals surface area contributed by atoms with E-state index in [2.05, 4.69) is 32.6 Å². The Morgan fingerprint density at radius 1 is 1.24 bits per heavy atom. The van der Waals surface area contributed by atoms with Crippen LogP contribution in [0, 0.1) is 17.8 Å². The summed E-state index contributed by atoms with van der Waals surface area (Å²) in [5.74, 6) is 2.42. The quantitative estimate of drug-likeness (QED) is 0.801. The zero-order valence-electron chi connectivity index (χ0n) is 12.1. The minimum atomic E-state index is 0.293. The SMILES string of the molecule is CC1CC(C)N(C2(CN)CCCC(C)C2C)C1. The van der Waals surface area contributed by atoms with Crippen molar-refractivity contribution >= 4 is 0 Å². The summed E-state index contributed by atoms with van der Waals surface area (Å²) in [5.41, 5.74) is 6.53. The lowest BCUT2D eigenvalue weighted by molar-refractivity contribution is -0.0167. The van der Waals surface area contributed by atoms with E-state index >= 15 is 0 Å². The molecule has 0 spiro atoms. The van der Waals surface area contributed by atoms with Crippen LogP contribution in [-0.2, 0) is 0 Å². The van der Waals surface area contributed by atoms with Crippen LogP contribution >= 0.6 is 0 Å². The first-order valence-electron chi connectivity index (χ1n) is 7.48. The van der Waals surface area contributed by atoms with Gasteiger partial charge in [0, 0.05) is 24.7 Å². The average molecular weight is 238 g/mol. The third kappa shape index (κ3) is 2.15. The van der Waals surface area contributed by atoms with E-state index in [1.807, 2.05) is 0 Å². The van der Waals surface area contributed by atoms with Crippen LogP contribution in [-0.4, -0.2) is 29.6 Å². The Hall–Kier alpha value is -0.0800. The molecule has 0 amide bonds. The normalized spacial score (nSPS) is 48.5. The molecule has 0 aromatic heterocycles. The molecular formula is C15H30N2. The van der Waals surface area contributed by atoms with Crippen LogP contribution < -0.4 is 5.73 Å². The van der Waals surface area contributed by atoms with Gasteiger partial charge in [0.15, 0.2) is 0 Å². The van der Waals surface area contributed by atoms with E-state index in [0.717, 1.165) is 30.3 Å². The lowest BCUT2D eigenvalue weighted by atomic mass is 9.67. The van der Waals surface area contributed by atoms with Gasteiger partial charge < -0.3 is 5.73 Å². The molecule has 2 nitrogen and oxygen atoms in total. The zero-order valence-corrected chi connectivity index (χ0v) is 12.1. The largest absolute Gasteiger partial charge is 0.329 e. The first-order valence-corrected chi connectivity index (χ1v) is 7.48. The molecule has 1 saturated heterocycles. The molecule has 1 heterocycles. The molecule has 2 aliphatic rings. The molecule has 5 unspecified atom stereocenters. The van der Waals surface area contributed by atoms with Gasteiger partial charge in [0.05, 0.1) is 0 Å². The smallest absolute Gasteiger partial charge is 0.0362 e. The van der Waals surface area contributed by atoms with Gasteiger partial charge in [0.2, 0.25) is 0 Å². The molecule has 1 aliphatic heterocycles. The summed E-state index contributed by atoms with van der Waals surface area (Å²) in [6, 6.07) is 0.723. The number of likely N-dealkylation sites (tertiary alicyclic amines) is 1. The Bertz CT molecular complexity index is 266. The van der Waals surface area contributed by atoms with E-state index in [1.54, 1.807) is 0 Å². The monoisotopic (exact) mass is 238 g/mol. The molecular weight excluding hydrogens is 208 g/mol. The third-order valence-electron chi connectivity index (χ3n) is 5.68. The molecule has 1 aliphatic carbocycles. The van der Waals surface area contributed by atoms with Gasteiger partial charge in [0.1, 0.15) is 0 Å². The molecule has 2 rings (SSSR count). The first kappa shape index (κ1) is 13.4. The maximum atomic E-state index is 6.24. The summed E-state index contributed by atoms with van der Waals surface area (Å²) in [4.78, 5) is 2.76. The molecule has 0 aromatic rings. The molecule has 0 aromatic carbocycles. The van der Waals surface area contributed by atoms with Crippen LogP contribution in [0.25, 0.3) is 0 Å². The predicted molar refractivity (Wildman–Crippen MR) is 73.9 cm³/mol. The highest BCUT2D eigenvalue weighted by atomic mass is 15.3. The lowest BCUT2D eigenvalue weighted by Gasteiger charge is -2.52. The molecule has 17 heavy (non-hydrogen) atoms. The van der Waals surface area contributed by atoms with Crippen LogP contribution in [0.1, 0.15) is 53.4 Å². The van der Waals surface area contributed by atoms with Gasteiger partial charge in [-0.2, -0.15) is 0 Å². The van der Waals surface area contributed by atoms with E-state index in [0.29, 0.717) is 5.54 Å². The molecule has 1 saturated carbocycles. The fourth-order valence-electron chi connectivity index (χ4n) is 4.47. The lowest BCUT2D eigenvalue weighted by Crippen LogP contribution is -2.61. The van der Waals surface area contributed by atoms with E-state index in [-0.39, 0.29) is 0 Å². The van der Waals surface area contributed by atoms with Crippen molar-refractivity contribution in [1.82, 2.24) is 4.90 Å². The zero-order chi connectivity index (χ0) is 12.6. The number of hydrogen-bond acceptors (Lipinski definition) is 2. The standard InChI is InChI=1S/C15H30N2/c1-11-8-13(3)17(9-11)15(10-16)7-5-6-12(2)14(15)4/h11-14H,5-10,16H2,1-4H3. The second kappa shape index (κ2) is 4.89. The maximum absolute atomic E-state index is 6.24. The molecule has 2 fully saturated rings. The van der Waals surface area contributed by atoms with Gasteiger partial charge in [-0.05, 0) is 37.5 Å². The van der Waals surface area contributed by atoms with Crippen LogP contribution in [0.15, 0.2) is 0 Å². The summed E-state index contributed by atoms with van der Waals surface area (Å²) in [6.07, 6.45) is 5.41. The second-order valence-corrected chi connectivity index (χ2v) is 6.81. The summed E-state index contributed by atoms with van der Waals surface area (Å²) >= 11 is 0. The van der Waals surface area contributed by atoms with E-state index < -0.39 is 0 Å². The van der Waals surface area contributed by atoms with Crippen molar-refractivity contribution in [3.63, 3.8) is 0 Å². The minimum absolute atomic E-state index is 0.293. The van der Waals surface area contributed by atoms with Gasteiger partial charge in [0.25, 0.3) is 0 Å². The first-order chi connectivity index (χ1) is 8.01. The highest BCUT2D eigenvalue weighted by Gasteiger charge is 2.48. The molecule has 100 valence electrons. The van der Waals surface area contributed by atoms with Crippen LogP contribution in [0.3, 0.4) is 0 Å². The molecule has 2 heteroatoms. The Labute approximate surface area is 107 Å². The summed E-state index contributed by atoms with van der Waals surface area (Å²) in [6.45, 7) is 11.7. The highest BCUT2D eigenvalue weighted by Crippen LogP contribution is 2.44. The van der Waals surface area contributed by atoms with Crippen molar-refractivity contribution < 1.29 is 0 Å². The second-order valence-electron chi connectivity index (χ2n) is 6.81. The highest BCUT2D eigenvalue weighted by molar-refractivity contribution is 5.04. The average Bonchev–Trinajstić information content (AvgIpc) is 2.63. The van der Waals surface area contributed by atoms with Gasteiger partial charge >= 0.3 is 0 Å². The third-order valence-corrected chi connectivity index (χ3v) is 5.68. The van der Waals surface area contributed by atoms with Crippen molar-refractivity contribution in [3.05, 3.63) is 0 Å². The Morgan fingerprint density at radius 2 is 1.94 bits per heavy atom. The van der Waals surface area contributed by atoms with Crippen LogP contribution in [0.5, 0.6) is 0 Å². The topological polar surface area (TPSA) is 29.3 Å². The summed E-state index contributed by atoms with van der Waals surface area (Å²) in [7, 11) is 0. The van der Waals surface area contributed by atoms with E-state index in [1.165, 1.54) is 32.2 Å². The maximum Gasteiger partial charge on any atom is 0.0362 e. The van der Waals surface area contributed by atoms with Gasteiger partial charge in [-0.3, -0.25) is 4.90 Å². The van der Waals surface area contributed by atoms with Crippen molar-refractivity contribution in [2.24, 2.45) is 23.5 Å². The summed E-state index contributed by atoms with van der Waals surface area (Å²) in [5, 5.41) is 0. The molecule has 2 N–H and O–H groups in total. The summed E-state index contributed by atoms with van der Waals surface area (Å²) < 4.78 is 0. The molecule has 5 atom stereocenters. The Kier molecular flexibility index (Phi) is 3.84. The van der Waals surface area contributed by atoms with Crippen molar-refractivity contribution in [3.8, 4) is 0 Å². The number of hydrogen-bond donors (Lipinski definition) is 1. The fourth-order valence-corrected chi connectivity index (χ4v) is 4.47. The van der Waals surface area contributed by atoms with E-state index in [9.17, 15) is 0 Å². The van der Waals surface area contributed by atoms with E-state index in [4.69, 9.17) is 5.73 Å². The van der Waals surface area contributed by atoms with Crippen molar-refractivity contribution in [1.29, 1.82) is 0 Å². The Balaban J connectivity index is 2.23. The van der Waals surface area contributed by atoms with Gasteiger partial charge in [-0.15, -0.1) is 0 Å². The molecule has 0 bridgehead atoms. The van der Waals surface area contributed by atoms with Crippen LogP contribution in [0.4, 0.5) is 0 Å². The van der Waals surface area contributed by atoms with Gasteiger partial charge in [-0.25, -0.2) is 0 Å². The van der Waals surface area contributed by atoms with Crippen molar-refractivity contribution in [2.75, 3.05) is 13.1 Å². The minimum Gasteiger partial charge on any atom is -0.329 e.